The van der Waals surface area contributed by atoms with Crippen LogP contribution >= 0.6 is 45.2 Å². The molecule has 17 heavy (non-hydrogen) atoms. The average molecular weight is 451 g/mol. The van der Waals surface area contributed by atoms with Crippen LogP contribution in [0.25, 0.3) is 0 Å². The molecule has 1 atom stereocenters. The van der Waals surface area contributed by atoms with Crippen LogP contribution < -0.4 is 0 Å². The van der Waals surface area contributed by atoms with Gasteiger partial charge < -0.3 is 5.11 Å². The number of allylic oxidation sites excluding steroid dienone is 2. The van der Waals surface area contributed by atoms with Gasteiger partial charge in [-0.3, -0.25) is 4.99 Å². The van der Waals surface area contributed by atoms with Crippen molar-refractivity contribution in [3.8, 4) is 5.75 Å². The Morgan fingerprint density at radius 3 is 2.82 bits per heavy atom. The van der Waals surface area contributed by atoms with Crippen molar-refractivity contribution < 1.29 is 5.11 Å². The molecule has 0 spiro atoms. The zero-order valence-corrected chi connectivity index (χ0v) is 13.3. The third-order valence-corrected chi connectivity index (χ3v) is 3.87. The minimum absolute atomic E-state index is 0.190. The molecule has 0 fully saturated rings. The molecular formula is C13H11I2NO. The highest BCUT2D eigenvalue weighted by molar-refractivity contribution is 14.1. The summed E-state index contributed by atoms with van der Waals surface area (Å²) in [6.07, 6.45) is 10.9. The van der Waals surface area contributed by atoms with E-state index in [1.807, 2.05) is 24.3 Å². The number of halogens is 2. The molecule has 1 aliphatic rings. The number of rotatable bonds is 2. The van der Waals surface area contributed by atoms with Crippen molar-refractivity contribution >= 4 is 51.4 Å². The van der Waals surface area contributed by atoms with Gasteiger partial charge in [-0.1, -0.05) is 24.3 Å². The van der Waals surface area contributed by atoms with E-state index in [0.717, 1.165) is 19.1 Å². The summed E-state index contributed by atoms with van der Waals surface area (Å²) >= 11 is 4.37. The predicted molar refractivity (Wildman–Crippen MR) is 87.8 cm³/mol. The van der Waals surface area contributed by atoms with Gasteiger partial charge in [-0.25, -0.2) is 0 Å². The Kier molecular flexibility index (Phi) is 4.61. The lowest BCUT2D eigenvalue weighted by Crippen LogP contribution is -2.01. The molecule has 88 valence electrons. The molecule has 0 saturated carbocycles. The Bertz CT molecular complexity index is 506. The maximum absolute atomic E-state index is 9.92. The lowest BCUT2D eigenvalue weighted by atomic mass is 10.1. The molecule has 0 bridgehead atoms. The SMILES string of the molecule is Oc1c(I)cc(I)cc1/C=N/C1C=CC=CC1. The van der Waals surface area contributed by atoms with Crippen molar-refractivity contribution in [2.24, 2.45) is 4.99 Å². The van der Waals surface area contributed by atoms with Gasteiger partial charge in [-0.15, -0.1) is 0 Å². The summed E-state index contributed by atoms with van der Waals surface area (Å²) in [6.45, 7) is 0. The van der Waals surface area contributed by atoms with Gasteiger partial charge in [0.2, 0.25) is 0 Å². The molecule has 1 aromatic carbocycles. The number of hydrogen-bond acceptors (Lipinski definition) is 2. The third-order valence-electron chi connectivity index (χ3n) is 2.42. The van der Waals surface area contributed by atoms with Gasteiger partial charge in [0.15, 0.2) is 0 Å². The molecule has 1 unspecified atom stereocenters. The maximum Gasteiger partial charge on any atom is 0.137 e. The Hall–Kier alpha value is -0.370. The number of nitrogens with zero attached hydrogens (tertiary/aromatic N) is 1. The van der Waals surface area contributed by atoms with Crippen molar-refractivity contribution in [3.63, 3.8) is 0 Å². The largest absolute Gasteiger partial charge is 0.506 e. The number of aromatic hydroxyl groups is 1. The van der Waals surface area contributed by atoms with Gasteiger partial charge in [0.25, 0.3) is 0 Å². The van der Waals surface area contributed by atoms with Gasteiger partial charge in [0.1, 0.15) is 5.75 Å². The molecular weight excluding hydrogens is 440 g/mol. The van der Waals surface area contributed by atoms with E-state index in [2.05, 4.69) is 62.3 Å². The highest BCUT2D eigenvalue weighted by Gasteiger charge is 2.06. The van der Waals surface area contributed by atoms with Gasteiger partial charge in [0.05, 0.1) is 9.61 Å². The molecule has 0 aromatic heterocycles. The highest BCUT2D eigenvalue weighted by Crippen LogP contribution is 2.25. The zero-order valence-electron chi connectivity index (χ0n) is 8.98. The highest BCUT2D eigenvalue weighted by atomic mass is 127. The van der Waals surface area contributed by atoms with Crippen molar-refractivity contribution in [2.45, 2.75) is 12.5 Å². The first-order chi connectivity index (χ1) is 8.16. The first-order valence-electron chi connectivity index (χ1n) is 5.21. The van der Waals surface area contributed by atoms with E-state index in [1.54, 1.807) is 6.21 Å². The van der Waals surface area contributed by atoms with Crippen LogP contribution in [0.1, 0.15) is 12.0 Å². The molecule has 1 N–H and O–H groups in total. The summed E-state index contributed by atoms with van der Waals surface area (Å²) < 4.78 is 1.96. The minimum Gasteiger partial charge on any atom is -0.506 e. The second kappa shape index (κ2) is 5.99. The van der Waals surface area contributed by atoms with Gasteiger partial charge in [0, 0.05) is 15.3 Å². The van der Waals surface area contributed by atoms with Crippen LogP contribution in [-0.2, 0) is 0 Å². The smallest absolute Gasteiger partial charge is 0.137 e. The standard InChI is InChI=1S/C13H11I2NO/c14-10-6-9(13(17)12(15)7-10)8-16-11-4-2-1-3-5-11/h1-4,6-8,11,17H,5H2/b16-8+. The number of aliphatic imine (C=N–C) groups is 1. The third kappa shape index (κ3) is 3.54. The van der Waals surface area contributed by atoms with Crippen LogP contribution in [0.5, 0.6) is 5.75 Å². The molecule has 0 amide bonds. The molecule has 1 aliphatic carbocycles. The maximum atomic E-state index is 9.92. The van der Waals surface area contributed by atoms with Crippen molar-refractivity contribution in [1.82, 2.24) is 0 Å². The van der Waals surface area contributed by atoms with Crippen molar-refractivity contribution in [3.05, 3.63) is 49.1 Å². The summed E-state index contributed by atoms with van der Waals surface area (Å²) in [5, 5.41) is 9.92. The Balaban J connectivity index is 2.21. The minimum atomic E-state index is 0.190. The summed E-state index contributed by atoms with van der Waals surface area (Å²) in [4.78, 5) is 4.47. The molecule has 0 saturated heterocycles. The predicted octanol–water partition coefficient (Wildman–Crippen LogP) is 3.91. The van der Waals surface area contributed by atoms with E-state index in [-0.39, 0.29) is 6.04 Å². The second-order valence-corrected chi connectivity index (χ2v) is 6.13. The van der Waals surface area contributed by atoms with Gasteiger partial charge in [-0.05, 0) is 63.7 Å². The Morgan fingerprint density at radius 1 is 1.29 bits per heavy atom. The number of benzene rings is 1. The van der Waals surface area contributed by atoms with Gasteiger partial charge in [-0.2, -0.15) is 0 Å². The van der Waals surface area contributed by atoms with E-state index < -0.39 is 0 Å². The normalized spacial score (nSPS) is 19.1. The lowest BCUT2D eigenvalue weighted by molar-refractivity contribution is 0.470. The number of phenols is 1. The fourth-order valence-electron chi connectivity index (χ4n) is 1.54. The van der Waals surface area contributed by atoms with E-state index in [1.165, 1.54) is 0 Å². The van der Waals surface area contributed by atoms with Crippen LogP contribution in [0.3, 0.4) is 0 Å². The van der Waals surface area contributed by atoms with E-state index in [4.69, 9.17) is 0 Å². The van der Waals surface area contributed by atoms with Crippen LogP contribution in [0.2, 0.25) is 0 Å². The molecule has 0 radical (unpaired) electrons. The van der Waals surface area contributed by atoms with Crippen LogP contribution in [-0.4, -0.2) is 17.4 Å². The van der Waals surface area contributed by atoms with E-state index >= 15 is 0 Å². The van der Waals surface area contributed by atoms with E-state index in [0.29, 0.717) is 5.75 Å². The van der Waals surface area contributed by atoms with Crippen molar-refractivity contribution in [1.29, 1.82) is 0 Å². The topological polar surface area (TPSA) is 32.6 Å². The first kappa shape index (κ1) is 13.1. The Labute approximate surface area is 128 Å². The average Bonchev–Trinajstić information content (AvgIpc) is 2.33. The molecule has 2 rings (SSSR count). The molecule has 2 nitrogen and oxygen atoms in total. The summed E-state index contributed by atoms with van der Waals surface area (Å²) in [6, 6.07) is 4.07. The Morgan fingerprint density at radius 2 is 2.12 bits per heavy atom. The van der Waals surface area contributed by atoms with Crippen LogP contribution in [0, 0.1) is 7.14 Å². The lowest BCUT2D eigenvalue weighted by Gasteiger charge is -2.08. The summed E-state index contributed by atoms with van der Waals surface area (Å²) in [7, 11) is 0. The number of hydrogen-bond donors (Lipinski definition) is 1. The first-order valence-corrected chi connectivity index (χ1v) is 7.37. The van der Waals surface area contributed by atoms with Crippen molar-refractivity contribution in [2.75, 3.05) is 0 Å². The molecule has 4 heteroatoms. The van der Waals surface area contributed by atoms with Crippen LogP contribution in [0.15, 0.2) is 41.4 Å². The van der Waals surface area contributed by atoms with E-state index in [9.17, 15) is 5.11 Å². The molecule has 0 heterocycles. The van der Waals surface area contributed by atoms with Gasteiger partial charge >= 0.3 is 0 Å². The molecule has 1 aromatic rings. The molecule has 0 aliphatic heterocycles. The summed E-state index contributed by atoms with van der Waals surface area (Å²) in [5.41, 5.74) is 0.782. The van der Waals surface area contributed by atoms with Crippen LogP contribution in [0.4, 0.5) is 0 Å². The quantitative estimate of drug-likeness (QED) is 0.537. The fraction of sp³-hybridized carbons (Fsp3) is 0.154. The second-order valence-electron chi connectivity index (χ2n) is 3.72. The monoisotopic (exact) mass is 451 g/mol. The summed E-state index contributed by atoms with van der Waals surface area (Å²) in [5.74, 6) is 0.310. The fourth-order valence-corrected chi connectivity index (χ4v) is 3.43. The number of phenolic OH excluding ortho intramolecular Hbond substituents is 1. The zero-order chi connectivity index (χ0) is 12.3.